The van der Waals surface area contributed by atoms with Crippen molar-refractivity contribution < 1.29 is 24.2 Å². The van der Waals surface area contributed by atoms with Gasteiger partial charge in [0.15, 0.2) is 0 Å². The van der Waals surface area contributed by atoms with Gasteiger partial charge in [-0.25, -0.2) is 14.8 Å². The summed E-state index contributed by atoms with van der Waals surface area (Å²) in [6.07, 6.45) is 5.24. The highest BCUT2D eigenvalue weighted by atomic mass is 32.1. The van der Waals surface area contributed by atoms with E-state index in [9.17, 15) is 14.7 Å². The van der Waals surface area contributed by atoms with Crippen LogP contribution in [0.1, 0.15) is 40.4 Å². The maximum Gasteiger partial charge on any atom is 0.342 e. The number of nitrogens with zero attached hydrogens (tertiary/aromatic N) is 4. The molecule has 0 fully saturated rings. The van der Waals surface area contributed by atoms with Crippen LogP contribution in [0.4, 0.5) is 0 Å². The number of aliphatic hydroxyl groups is 1. The highest BCUT2D eigenvalue weighted by molar-refractivity contribution is 7.00. The molecule has 1 unspecified atom stereocenters. The minimum absolute atomic E-state index is 0.286. The molecule has 11 nitrogen and oxygen atoms in total. The molecule has 234 valence electrons. The molecule has 47 heavy (non-hydrogen) atoms. The van der Waals surface area contributed by atoms with Gasteiger partial charge in [0, 0.05) is 23.1 Å². The summed E-state index contributed by atoms with van der Waals surface area (Å²) in [5.41, 5.74) is 8.34. The van der Waals surface area contributed by atoms with E-state index in [0.717, 1.165) is 57.6 Å². The number of nitrogens with one attached hydrogen (secondary N) is 2. The van der Waals surface area contributed by atoms with E-state index < -0.39 is 11.8 Å². The highest BCUT2D eigenvalue weighted by Gasteiger charge is 2.48. The topological polar surface area (TPSA) is 156 Å². The fraction of sp³-hybridized carbons (Fsp3) is 0.143. The van der Waals surface area contributed by atoms with Crippen LogP contribution < -0.4 is 4.74 Å². The van der Waals surface area contributed by atoms with Gasteiger partial charge < -0.3 is 24.5 Å². The average Bonchev–Trinajstić information content (AvgIpc) is 3.90. The molecule has 3 aromatic heterocycles. The number of aromatic amines is 2. The van der Waals surface area contributed by atoms with Crippen LogP contribution in [-0.4, -0.2) is 52.7 Å². The number of carbonyl (C=O) groups excluding carboxylic acids is 2. The molecule has 1 atom stereocenters. The molecule has 0 saturated heterocycles. The molecule has 1 aliphatic heterocycles. The summed E-state index contributed by atoms with van der Waals surface area (Å²) in [6, 6.07) is 23.6. The largest absolute Gasteiger partial charge is 0.494 e. The standard InChI is InChI=1S/C27H22N4O4S.C8H6N2O/c1-2-11-34-19-7-5-18(6-8-19)27(33)20(12-16-3-9-21-23(13-16)29-15-28-21)25(26(32)35-27)17-4-10-22-24(14-17)31-36-30-22;11-4-6-1-2-7-8(3-6)10-5-9-7/h3-10,13-15,33H,2,11-12H2,1H3,(H,28,29);1-5H,(H,9,10). The van der Waals surface area contributed by atoms with Gasteiger partial charge in [0.2, 0.25) is 0 Å². The van der Waals surface area contributed by atoms with Gasteiger partial charge in [0.1, 0.15) is 23.1 Å². The minimum Gasteiger partial charge on any atom is -0.494 e. The van der Waals surface area contributed by atoms with Crippen molar-refractivity contribution in [2.24, 2.45) is 0 Å². The second-order valence-electron chi connectivity index (χ2n) is 11.0. The summed E-state index contributed by atoms with van der Waals surface area (Å²) >= 11 is 1.11. The number of carbonyl (C=O) groups is 2. The summed E-state index contributed by atoms with van der Waals surface area (Å²) < 4.78 is 20.0. The van der Waals surface area contributed by atoms with Crippen LogP contribution >= 0.6 is 11.7 Å². The lowest BCUT2D eigenvalue weighted by Crippen LogP contribution is -2.29. The lowest BCUT2D eigenvalue weighted by Gasteiger charge is -2.26. The summed E-state index contributed by atoms with van der Waals surface area (Å²) in [5.74, 6) is -1.84. The Morgan fingerprint density at radius 1 is 0.872 bits per heavy atom. The van der Waals surface area contributed by atoms with Crippen molar-refractivity contribution in [1.82, 2.24) is 28.7 Å². The van der Waals surface area contributed by atoms with E-state index in [1.165, 1.54) is 0 Å². The first kappa shape index (κ1) is 30.0. The van der Waals surface area contributed by atoms with Crippen LogP contribution in [0.2, 0.25) is 0 Å². The molecule has 0 radical (unpaired) electrons. The Morgan fingerprint density at radius 3 is 2.32 bits per heavy atom. The van der Waals surface area contributed by atoms with Gasteiger partial charge in [-0.15, -0.1) is 0 Å². The Hall–Kier alpha value is -5.72. The molecule has 0 aliphatic carbocycles. The van der Waals surface area contributed by atoms with E-state index in [1.54, 1.807) is 55.1 Å². The molecule has 0 saturated carbocycles. The van der Waals surface area contributed by atoms with Gasteiger partial charge in [0.05, 0.1) is 58.6 Å². The van der Waals surface area contributed by atoms with Crippen LogP contribution in [0.5, 0.6) is 5.75 Å². The third-order valence-corrected chi connectivity index (χ3v) is 8.42. The number of aldehydes is 1. The Kier molecular flexibility index (Phi) is 8.02. The number of benzene rings is 4. The zero-order valence-electron chi connectivity index (χ0n) is 25.1. The lowest BCUT2D eigenvalue weighted by molar-refractivity contribution is -0.185. The zero-order valence-corrected chi connectivity index (χ0v) is 26.0. The van der Waals surface area contributed by atoms with Gasteiger partial charge in [-0.3, -0.25) is 4.79 Å². The first-order valence-electron chi connectivity index (χ1n) is 14.9. The second-order valence-corrected chi connectivity index (χ2v) is 11.5. The van der Waals surface area contributed by atoms with Crippen molar-refractivity contribution in [1.29, 1.82) is 0 Å². The molecule has 0 amide bonds. The second kappa shape index (κ2) is 12.6. The number of cyclic esters (lactones) is 1. The SMILES string of the molecule is CCCOc1ccc(C2(O)OC(=O)C(c3ccc4nsnc4c3)=C2Cc2ccc3nc[nH]c3c2)cc1.O=Cc1ccc2nc[nH]c2c1. The molecule has 4 heterocycles. The highest BCUT2D eigenvalue weighted by Crippen LogP contribution is 2.45. The number of hydrogen-bond donors (Lipinski definition) is 3. The molecule has 4 aromatic carbocycles. The zero-order chi connectivity index (χ0) is 32.4. The lowest BCUT2D eigenvalue weighted by atomic mass is 9.88. The first-order valence-corrected chi connectivity index (χ1v) is 15.6. The van der Waals surface area contributed by atoms with Crippen LogP contribution in [0.25, 0.3) is 38.7 Å². The molecular weight excluding hydrogens is 616 g/mol. The minimum atomic E-state index is -1.94. The van der Waals surface area contributed by atoms with Gasteiger partial charge in [-0.2, -0.15) is 8.75 Å². The predicted octanol–water partition coefficient (Wildman–Crippen LogP) is 6.13. The maximum absolute atomic E-state index is 13.3. The van der Waals surface area contributed by atoms with E-state index in [2.05, 4.69) is 28.7 Å². The molecule has 3 N–H and O–H groups in total. The van der Waals surface area contributed by atoms with Crippen LogP contribution in [0, 0.1) is 0 Å². The van der Waals surface area contributed by atoms with E-state index >= 15 is 0 Å². The number of aromatic nitrogens is 6. The van der Waals surface area contributed by atoms with Crippen molar-refractivity contribution >= 4 is 62.7 Å². The average molecular weight is 645 g/mol. The molecule has 12 heteroatoms. The van der Waals surface area contributed by atoms with E-state index in [0.29, 0.717) is 45.7 Å². The Balaban J connectivity index is 0.000000269. The van der Waals surface area contributed by atoms with Crippen LogP contribution in [0.3, 0.4) is 0 Å². The normalized spacial score (nSPS) is 16.0. The van der Waals surface area contributed by atoms with Gasteiger partial charge >= 0.3 is 5.97 Å². The molecule has 1 aliphatic rings. The molecule has 8 rings (SSSR count). The Bertz CT molecular complexity index is 2270. The summed E-state index contributed by atoms with van der Waals surface area (Å²) in [5, 5.41) is 11.9. The number of fused-ring (bicyclic) bond motifs is 3. The fourth-order valence-electron chi connectivity index (χ4n) is 5.53. The van der Waals surface area contributed by atoms with Gasteiger partial charge in [-0.1, -0.05) is 19.1 Å². The van der Waals surface area contributed by atoms with E-state index in [4.69, 9.17) is 9.47 Å². The maximum atomic E-state index is 13.3. The summed E-state index contributed by atoms with van der Waals surface area (Å²) in [4.78, 5) is 38.0. The number of rotatable bonds is 8. The number of imidazole rings is 2. The molecule has 0 bridgehead atoms. The Labute approximate surface area is 272 Å². The first-order chi connectivity index (χ1) is 22.9. The van der Waals surface area contributed by atoms with Gasteiger partial charge in [-0.05, 0) is 84.3 Å². The van der Waals surface area contributed by atoms with Crippen molar-refractivity contribution in [3.63, 3.8) is 0 Å². The van der Waals surface area contributed by atoms with Crippen molar-refractivity contribution in [3.8, 4) is 5.75 Å². The summed E-state index contributed by atoms with van der Waals surface area (Å²) in [7, 11) is 0. The fourth-order valence-corrected chi connectivity index (χ4v) is 6.05. The van der Waals surface area contributed by atoms with Crippen LogP contribution in [-0.2, 0) is 21.7 Å². The quantitative estimate of drug-likeness (QED) is 0.131. The molecule has 0 spiro atoms. The Morgan fingerprint density at radius 2 is 1.57 bits per heavy atom. The van der Waals surface area contributed by atoms with Gasteiger partial charge in [0.25, 0.3) is 5.79 Å². The predicted molar refractivity (Wildman–Crippen MR) is 178 cm³/mol. The summed E-state index contributed by atoms with van der Waals surface area (Å²) in [6.45, 7) is 2.63. The van der Waals surface area contributed by atoms with Crippen LogP contribution in [0.15, 0.2) is 97.1 Å². The third-order valence-electron chi connectivity index (χ3n) is 7.86. The number of esters is 1. The van der Waals surface area contributed by atoms with E-state index in [-0.39, 0.29) is 6.42 Å². The number of ether oxygens (including phenoxy) is 2. The third kappa shape index (κ3) is 5.87. The van der Waals surface area contributed by atoms with Crippen molar-refractivity contribution in [2.45, 2.75) is 25.6 Å². The number of H-pyrrole nitrogens is 2. The van der Waals surface area contributed by atoms with Crippen molar-refractivity contribution in [3.05, 3.63) is 119 Å². The molecule has 7 aromatic rings. The number of hydrogen-bond acceptors (Lipinski definition) is 10. The van der Waals surface area contributed by atoms with Crippen molar-refractivity contribution in [2.75, 3.05) is 6.61 Å². The monoisotopic (exact) mass is 644 g/mol. The smallest absolute Gasteiger partial charge is 0.342 e. The molecular formula is C35H28N6O5S. The van der Waals surface area contributed by atoms with E-state index in [1.807, 2.05) is 43.3 Å².